The smallest absolute Gasteiger partial charge is 0.149 e. The van der Waals surface area contributed by atoms with Gasteiger partial charge in [-0.15, -0.1) is 11.6 Å². The summed E-state index contributed by atoms with van der Waals surface area (Å²) in [6, 6.07) is 4.89. The molecule has 0 amide bonds. The molecule has 4 heteroatoms. The molecule has 0 radical (unpaired) electrons. The minimum absolute atomic E-state index is 0.266. The van der Waals surface area contributed by atoms with E-state index in [1.54, 1.807) is 12.1 Å². The van der Waals surface area contributed by atoms with Crippen LogP contribution in [0.2, 0.25) is 5.15 Å². The van der Waals surface area contributed by atoms with Crippen LogP contribution in [0.25, 0.3) is 10.9 Å². The van der Waals surface area contributed by atoms with E-state index in [1.165, 1.54) is 6.07 Å². The zero-order valence-corrected chi connectivity index (χ0v) is 9.53. The molecule has 0 N–H and O–H groups in total. The highest BCUT2D eigenvalue weighted by Crippen LogP contribution is 2.25. The highest BCUT2D eigenvalue weighted by atomic mass is 35.5. The Labute approximate surface area is 96.8 Å². The largest absolute Gasteiger partial charge is 0.233 e. The van der Waals surface area contributed by atoms with Crippen molar-refractivity contribution in [1.82, 2.24) is 4.98 Å². The Bertz CT molecular complexity index is 525. The maximum Gasteiger partial charge on any atom is 0.149 e. The highest BCUT2D eigenvalue weighted by molar-refractivity contribution is 6.31. The minimum atomic E-state index is -0.362. The lowest BCUT2D eigenvalue weighted by molar-refractivity contribution is 0.636. The topological polar surface area (TPSA) is 12.9 Å². The molecule has 15 heavy (non-hydrogen) atoms. The van der Waals surface area contributed by atoms with E-state index in [2.05, 4.69) is 4.98 Å². The van der Waals surface area contributed by atoms with Crippen molar-refractivity contribution in [3.63, 3.8) is 0 Å². The molecule has 2 aromatic rings. The molecule has 0 saturated heterocycles. The van der Waals surface area contributed by atoms with Gasteiger partial charge in [0.1, 0.15) is 16.5 Å². The first-order valence-electron chi connectivity index (χ1n) is 4.43. The predicted molar refractivity (Wildman–Crippen MR) is 61.0 cm³/mol. The molecule has 1 heterocycles. The fraction of sp³-hybridized carbons (Fsp3) is 0.182. The number of hydrogen-bond acceptors (Lipinski definition) is 1. The molecule has 0 aliphatic rings. The van der Waals surface area contributed by atoms with Crippen LogP contribution in [0.4, 0.5) is 4.39 Å². The molecule has 0 unspecified atom stereocenters. The van der Waals surface area contributed by atoms with Gasteiger partial charge in [-0.3, -0.25) is 0 Å². The Balaban J connectivity index is 2.86. The Morgan fingerprint density at radius 2 is 2.13 bits per heavy atom. The quantitative estimate of drug-likeness (QED) is 0.544. The summed E-state index contributed by atoms with van der Waals surface area (Å²) in [4.78, 5) is 4.01. The molecule has 0 saturated carbocycles. The van der Waals surface area contributed by atoms with E-state index in [1.807, 2.05) is 6.92 Å². The number of benzene rings is 1. The second-order valence-electron chi connectivity index (χ2n) is 3.33. The van der Waals surface area contributed by atoms with E-state index >= 15 is 0 Å². The summed E-state index contributed by atoms with van der Waals surface area (Å²) in [6.45, 7) is 1.90. The Hall–Kier alpha value is -0.860. The second-order valence-corrected chi connectivity index (χ2v) is 3.96. The third-order valence-corrected chi connectivity index (χ3v) is 2.94. The SMILES string of the molecule is Cc1ccc(F)c2nc(Cl)c(CCl)cc12. The van der Waals surface area contributed by atoms with Crippen molar-refractivity contribution >= 4 is 34.1 Å². The minimum Gasteiger partial charge on any atom is -0.233 e. The number of aromatic nitrogens is 1. The van der Waals surface area contributed by atoms with Crippen LogP contribution in [0.5, 0.6) is 0 Å². The van der Waals surface area contributed by atoms with Crippen LogP contribution < -0.4 is 0 Å². The number of halogens is 3. The number of aryl methyl sites for hydroxylation is 1. The zero-order valence-electron chi connectivity index (χ0n) is 8.02. The first-order valence-corrected chi connectivity index (χ1v) is 5.35. The van der Waals surface area contributed by atoms with Crippen LogP contribution in [0.15, 0.2) is 18.2 Å². The monoisotopic (exact) mass is 243 g/mol. The lowest BCUT2D eigenvalue weighted by Crippen LogP contribution is -1.92. The summed E-state index contributed by atoms with van der Waals surface area (Å²) in [7, 11) is 0. The summed E-state index contributed by atoms with van der Waals surface area (Å²) in [5, 5.41) is 1.03. The molecule has 78 valence electrons. The number of nitrogens with zero attached hydrogens (tertiary/aromatic N) is 1. The van der Waals surface area contributed by atoms with Crippen molar-refractivity contribution in [3.05, 3.63) is 40.3 Å². The number of rotatable bonds is 1. The molecular formula is C11H8Cl2FN. The second kappa shape index (κ2) is 3.95. The van der Waals surface area contributed by atoms with E-state index in [0.29, 0.717) is 5.52 Å². The van der Waals surface area contributed by atoms with Crippen molar-refractivity contribution < 1.29 is 4.39 Å². The normalized spacial score (nSPS) is 10.9. The summed E-state index contributed by atoms with van der Waals surface area (Å²) >= 11 is 11.6. The van der Waals surface area contributed by atoms with Crippen molar-refractivity contribution in [3.8, 4) is 0 Å². The van der Waals surface area contributed by atoms with Crippen LogP contribution >= 0.6 is 23.2 Å². The Kier molecular flexibility index (Phi) is 2.81. The van der Waals surface area contributed by atoms with Crippen LogP contribution in [0.1, 0.15) is 11.1 Å². The third kappa shape index (κ3) is 1.80. The fourth-order valence-electron chi connectivity index (χ4n) is 1.48. The molecule has 2 rings (SSSR count). The highest BCUT2D eigenvalue weighted by Gasteiger charge is 2.09. The van der Waals surface area contributed by atoms with Crippen LogP contribution in [-0.2, 0) is 5.88 Å². The number of pyridine rings is 1. The Morgan fingerprint density at radius 1 is 1.40 bits per heavy atom. The van der Waals surface area contributed by atoms with Crippen molar-refractivity contribution in [2.75, 3.05) is 0 Å². The summed E-state index contributed by atoms with van der Waals surface area (Å²) in [5.74, 6) is -0.0869. The fourth-order valence-corrected chi connectivity index (χ4v) is 1.95. The third-order valence-electron chi connectivity index (χ3n) is 2.32. The van der Waals surface area contributed by atoms with Gasteiger partial charge in [0.2, 0.25) is 0 Å². The standard InChI is InChI=1S/C11H8Cl2FN/c1-6-2-3-9(14)10-8(6)4-7(5-12)11(13)15-10/h2-4H,5H2,1H3. The van der Waals surface area contributed by atoms with Crippen LogP contribution in [0, 0.1) is 12.7 Å². The van der Waals surface area contributed by atoms with E-state index in [4.69, 9.17) is 23.2 Å². The van der Waals surface area contributed by atoms with Gasteiger partial charge in [0.15, 0.2) is 0 Å². The number of fused-ring (bicyclic) bond motifs is 1. The average molecular weight is 244 g/mol. The summed E-state index contributed by atoms with van der Waals surface area (Å²) in [5.41, 5.74) is 1.98. The van der Waals surface area contributed by atoms with E-state index in [9.17, 15) is 4.39 Å². The predicted octanol–water partition coefficient (Wildman–Crippen LogP) is 4.07. The zero-order chi connectivity index (χ0) is 11.0. The molecule has 0 spiro atoms. The maximum atomic E-state index is 13.4. The average Bonchev–Trinajstić information content (AvgIpc) is 2.23. The summed E-state index contributed by atoms with van der Waals surface area (Å²) < 4.78 is 13.4. The van der Waals surface area contributed by atoms with Crippen molar-refractivity contribution in [2.24, 2.45) is 0 Å². The maximum absolute atomic E-state index is 13.4. The van der Waals surface area contributed by atoms with Crippen LogP contribution in [0.3, 0.4) is 0 Å². The van der Waals surface area contributed by atoms with Gasteiger partial charge in [-0.05, 0) is 24.6 Å². The first kappa shape index (κ1) is 10.7. The summed E-state index contributed by atoms with van der Waals surface area (Å²) in [6.07, 6.45) is 0. The molecule has 1 aromatic carbocycles. The lowest BCUT2D eigenvalue weighted by Gasteiger charge is -2.06. The van der Waals surface area contributed by atoms with Gasteiger partial charge >= 0.3 is 0 Å². The van der Waals surface area contributed by atoms with E-state index < -0.39 is 0 Å². The van der Waals surface area contributed by atoms with Gasteiger partial charge in [-0.25, -0.2) is 9.37 Å². The number of alkyl halides is 1. The van der Waals surface area contributed by atoms with Gasteiger partial charge in [-0.1, -0.05) is 17.7 Å². The van der Waals surface area contributed by atoms with E-state index in [-0.39, 0.29) is 16.9 Å². The van der Waals surface area contributed by atoms with Gasteiger partial charge in [0.05, 0.1) is 5.88 Å². The molecule has 0 aliphatic heterocycles. The molecular weight excluding hydrogens is 236 g/mol. The molecule has 1 aromatic heterocycles. The van der Waals surface area contributed by atoms with Gasteiger partial charge in [0, 0.05) is 10.9 Å². The Morgan fingerprint density at radius 3 is 2.80 bits per heavy atom. The van der Waals surface area contributed by atoms with E-state index in [0.717, 1.165) is 16.5 Å². The van der Waals surface area contributed by atoms with Gasteiger partial charge in [0.25, 0.3) is 0 Å². The van der Waals surface area contributed by atoms with Gasteiger partial charge in [-0.2, -0.15) is 0 Å². The molecule has 0 atom stereocenters. The van der Waals surface area contributed by atoms with Gasteiger partial charge < -0.3 is 0 Å². The molecule has 0 bridgehead atoms. The lowest BCUT2D eigenvalue weighted by atomic mass is 10.1. The van der Waals surface area contributed by atoms with Crippen LogP contribution in [-0.4, -0.2) is 4.98 Å². The van der Waals surface area contributed by atoms with Crippen molar-refractivity contribution in [1.29, 1.82) is 0 Å². The van der Waals surface area contributed by atoms with Crippen molar-refractivity contribution in [2.45, 2.75) is 12.8 Å². The molecule has 0 aliphatic carbocycles. The first-order chi connectivity index (χ1) is 7.13. The molecule has 0 fully saturated rings. The molecule has 1 nitrogen and oxygen atoms in total. The number of hydrogen-bond donors (Lipinski definition) is 0.